The van der Waals surface area contributed by atoms with E-state index >= 15 is 0 Å². The lowest BCUT2D eigenvalue weighted by Crippen LogP contribution is -2.31. The van der Waals surface area contributed by atoms with E-state index in [-0.39, 0.29) is 24.3 Å². The fraction of sp³-hybridized carbons (Fsp3) is 0.333. The van der Waals surface area contributed by atoms with E-state index in [9.17, 15) is 19.6 Å². The van der Waals surface area contributed by atoms with Crippen molar-refractivity contribution in [2.24, 2.45) is 0 Å². The highest BCUT2D eigenvalue weighted by atomic mass is 35.5. The number of halogens is 3. The molecule has 3 aromatic rings. The molecule has 0 atom stereocenters. The minimum atomic E-state index is -0.562. The van der Waals surface area contributed by atoms with Gasteiger partial charge in [0.1, 0.15) is 34.2 Å². The zero-order valence-corrected chi connectivity index (χ0v) is 26.7. The minimum Gasteiger partial charge on any atom is -0.617 e. The zero-order valence-electron chi connectivity index (χ0n) is 24.5. The van der Waals surface area contributed by atoms with Crippen LogP contribution in [-0.2, 0) is 37.1 Å². The van der Waals surface area contributed by atoms with Crippen molar-refractivity contribution in [3.8, 4) is 17.2 Å². The molecule has 0 saturated heterocycles. The topological polar surface area (TPSA) is 170 Å². The molecule has 13 nitrogen and oxygen atoms in total. The number of aliphatic hydroxyl groups is 1. The first-order chi connectivity index (χ1) is 20.1. The van der Waals surface area contributed by atoms with Crippen LogP contribution in [0.5, 0.6) is 17.2 Å². The van der Waals surface area contributed by atoms with Crippen molar-refractivity contribution < 1.29 is 47.9 Å². The van der Waals surface area contributed by atoms with Crippen LogP contribution in [0.3, 0.4) is 0 Å². The molecule has 0 amide bonds. The number of hydrogen-bond donors (Lipinski definition) is 1. The maximum absolute atomic E-state index is 11.0. The van der Waals surface area contributed by atoms with E-state index in [4.69, 9.17) is 58.9 Å². The van der Waals surface area contributed by atoms with Gasteiger partial charge in [0.05, 0.1) is 45.4 Å². The van der Waals surface area contributed by atoms with Gasteiger partial charge in [-0.2, -0.15) is 4.73 Å². The third kappa shape index (κ3) is 17.6. The fourth-order valence-corrected chi connectivity index (χ4v) is 3.26. The van der Waals surface area contributed by atoms with Gasteiger partial charge >= 0.3 is 17.9 Å². The van der Waals surface area contributed by atoms with Crippen LogP contribution in [0, 0.1) is 12.1 Å². The van der Waals surface area contributed by atoms with Gasteiger partial charge in [-0.05, 0) is 11.6 Å². The van der Waals surface area contributed by atoms with E-state index in [0.29, 0.717) is 49.4 Å². The van der Waals surface area contributed by atoms with Crippen LogP contribution in [-0.4, -0.2) is 54.3 Å². The maximum Gasteiger partial charge on any atom is 0.310 e. The highest BCUT2D eigenvalue weighted by Crippen LogP contribution is 2.18. The molecule has 0 radical (unpaired) electrons. The second-order valence-corrected chi connectivity index (χ2v) is 8.98. The Morgan fingerprint density at radius 1 is 0.767 bits per heavy atom. The van der Waals surface area contributed by atoms with Crippen molar-refractivity contribution >= 4 is 52.7 Å². The van der Waals surface area contributed by atoms with Crippen LogP contribution in [0.25, 0.3) is 0 Å². The lowest BCUT2D eigenvalue weighted by Gasteiger charge is -2.04. The maximum atomic E-state index is 11.0. The average molecular weight is 665 g/mol. The third-order valence-electron chi connectivity index (χ3n) is 4.35. The quantitative estimate of drug-likeness (QED) is 0.129. The summed E-state index contributed by atoms with van der Waals surface area (Å²) in [6.45, 7) is 5.34. The van der Waals surface area contributed by atoms with Crippen molar-refractivity contribution in [3.05, 3.63) is 74.1 Å². The van der Waals surface area contributed by atoms with E-state index in [0.717, 1.165) is 0 Å². The summed E-state index contributed by atoms with van der Waals surface area (Å²) in [5.41, 5.74) is 1.59. The number of rotatable bonds is 6. The molecular weight excluding hydrogens is 633 g/mol. The highest BCUT2D eigenvalue weighted by molar-refractivity contribution is 6.29. The molecule has 3 heterocycles. The summed E-state index contributed by atoms with van der Waals surface area (Å²) in [4.78, 5) is 38.0. The van der Waals surface area contributed by atoms with Crippen LogP contribution >= 0.6 is 34.8 Å². The number of aromatic nitrogens is 3. The molecule has 236 valence electrons. The van der Waals surface area contributed by atoms with Gasteiger partial charge in [-0.15, -0.1) is 0 Å². The summed E-state index contributed by atoms with van der Waals surface area (Å²) in [7, 11) is 4.59. The van der Waals surface area contributed by atoms with Gasteiger partial charge in [-0.25, -0.2) is 9.97 Å². The Labute approximate surface area is 263 Å². The van der Waals surface area contributed by atoms with Crippen LogP contribution in [0.15, 0.2) is 36.4 Å². The van der Waals surface area contributed by atoms with Gasteiger partial charge in [-0.3, -0.25) is 14.4 Å². The monoisotopic (exact) mass is 663 g/mol. The second-order valence-electron chi connectivity index (χ2n) is 7.82. The van der Waals surface area contributed by atoms with Gasteiger partial charge < -0.3 is 34.0 Å². The molecule has 0 aliphatic carbocycles. The van der Waals surface area contributed by atoms with Gasteiger partial charge in [0, 0.05) is 58.0 Å². The van der Waals surface area contributed by atoms with Crippen LogP contribution < -0.4 is 18.9 Å². The summed E-state index contributed by atoms with van der Waals surface area (Å²) in [5.74, 6) is 0.312. The van der Waals surface area contributed by atoms with Crippen LogP contribution in [0.2, 0.25) is 15.5 Å². The van der Waals surface area contributed by atoms with E-state index in [1.807, 2.05) is 0 Å². The number of aliphatic hydroxyl groups excluding tert-OH is 1. The standard InChI is InChI=1S/C9H10ClNO3.2C7H8ClNO2.C4H6O3/c1-6(12)14-5-7-3-8(13-2)4-9(10)11-7;1-11-6-2-5(4-10)9-7(8)3-6;1-5-3-6(11-2)4-7(8)9(5)10;1-3(5)7-4(2)6/h3-4H,5H2,1-2H3;2-3,10H,4H2,1H3;3-4H,1-2H3;1-2H3. The fourth-order valence-electron chi connectivity index (χ4n) is 2.59. The molecule has 0 aliphatic rings. The van der Waals surface area contributed by atoms with Gasteiger partial charge in [0.2, 0.25) is 0 Å². The smallest absolute Gasteiger partial charge is 0.310 e. The largest absolute Gasteiger partial charge is 0.617 e. The Balaban J connectivity index is 0.000000562. The number of methoxy groups -OCH3 is 3. The Morgan fingerprint density at radius 2 is 1.21 bits per heavy atom. The summed E-state index contributed by atoms with van der Waals surface area (Å²) >= 11 is 16.9. The number of hydrogen-bond acceptors (Lipinski definition) is 12. The molecule has 1 N–H and O–H groups in total. The predicted octanol–water partition coefficient (Wildman–Crippen LogP) is 4.43. The van der Waals surface area contributed by atoms with E-state index in [1.165, 1.54) is 48.2 Å². The SMILES string of the molecule is CC(=O)OC(C)=O.COc1cc(C)[n+]([O-])c(Cl)c1.COc1cc(Cl)nc(CO)c1.COc1cc(Cl)nc(COC(C)=O)c1. The Bertz CT molecular complexity index is 1300. The molecule has 0 aromatic carbocycles. The molecule has 3 rings (SSSR count). The Kier molecular flexibility index (Phi) is 19.0. The van der Waals surface area contributed by atoms with Crippen molar-refractivity contribution in [2.45, 2.75) is 40.9 Å². The number of nitrogens with zero attached hydrogens (tertiary/aromatic N) is 3. The summed E-state index contributed by atoms with van der Waals surface area (Å²) in [6.07, 6.45) is 0. The van der Waals surface area contributed by atoms with Crippen molar-refractivity contribution in [3.63, 3.8) is 0 Å². The second kappa shape index (κ2) is 20.9. The van der Waals surface area contributed by atoms with E-state index in [1.54, 1.807) is 37.3 Å². The van der Waals surface area contributed by atoms with Crippen LogP contribution in [0.4, 0.5) is 0 Å². The first kappa shape index (κ1) is 39.1. The van der Waals surface area contributed by atoms with E-state index in [2.05, 4.69) is 14.7 Å². The Hall–Kier alpha value is -3.91. The lowest BCUT2D eigenvalue weighted by atomic mass is 10.3. The normalized spacial score (nSPS) is 9.37. The van der Waals surface area contributed by atoms with E-state index < -0.39 is 11.9 Å². The molecule has 0 fully saturated rings. The molecule has 3 aromatic heterocycles. The lowest BCUT2D eigenvalue weighted by molar-refractivity contribution is -0.610. The third-order valence-corrected chi connectivity index (χ3v) is 5.00. The molecule has 16 heteroatoms. The predicted molar refractivity (Wildman–Crippen MR) is 157 cm³/mol. The molecule has 0 spiro atoms. The Morgan fingerprint density at radius 3 is 1.58 bits per heavy atom. The highest BCUT2D eigenvalue weighted by Gasteiger charge is 2.08. The number of carbonyl (C=O) groups excluding carboxylic acids is 3. The van der Waals surface area contributed by atoms with Crippen molar-refractivity contribution in [2.75, 3.05) is 21.3 Å². The van der Waals surface area contributed by atoms with Gasteiger partial charge in [-0.1, -0.05) is 23.2 Å². The van der Waals surface area contributed by atoms with Crippen LogP contribution in [0.1, 0.15) is 37.9 Å². The number of esters is 3. The summed E-state index contributed by atoms with van der Waals surface area (Å²) in [6, 6.07) is 9.56. The molecule has 0 unspecified atom stereocenters. The molecule has 0 bridgehead atoms. The first-order valence-corrected chi connectivity index (χ1v) is 13.1. The number of ether oxygens (including phenoxy) is 5. The molecule has 43 heavy (non-hydrogen) atoms. The molecule has 0 saturated carbocycles. The van der Waals surface area contributed by atoms with Crippen molar-refractivity contribution in [1.29, 1.82) is 0 Å². The van der Waals surface area contributed by atoms with Crippen molar-refractivity contribution in [1.82, 2.24) is 9.97 Å². The number of pyridine rings is 3. The van der Waals surface area contributed by atoms with Gasteiger partial charge in [0.25, 0.3) is 5.15 Å². The summed E-state index contributed by atoms with van der Waals surface area (Å²) in [5, 5.41) is 20.4. The summed E-state index contributed by atoms with van der Waals surface area (Å²) < 4.78 is 24.2. The molecular formula is C27H32Cl3N3O10. The number of carbonyl (C=O) groups is 3. The van der Waals surface area contributed by atoms with Gasteiger partial charge in [0.15, 0.2) is 5.69 Å². The average Bonchev–Trinajstić information content (AvgIpc) is 2.94. The first-order valence-electron chi connectivity index (χ1n) is 11.9. The minimum absolute atomic E-state index is 0.103. The zero-order chi connectivity index (χ0) is 33.1. The molecule has 0 aliphatic heterocycles. The number of aryl methyl sites for hydroxylation is 1.